The minimum atomic E-state index is -0.304. The molecule has 1 heterocycles. The number of anilines is 4. The number of carbonyl (C=O) groups excluding carboxylic acids is 2. The van der Waals surface area contributed by atoms with Crippen molar-refractivity contribution in [3.63, 3.8) is 0 Å². The highest BCUT2D eigenvalue weighted by Gasteiger charge is 2.28. The van der Waals surface area contributed by atoms with Gasteiger partial charge >= 0.3 is 0 Å². The van der Waals surface area contributed by atoms with Crippen molar-refractivity contribution < 1.29 is 9.59 Å². The molecule has 0 spiro atoms. The van der Waals surface area contributed by atoms with Crippen molar-refractivity contribution in [2.24, 2.45) is 0 Å². The van der Waals surface area contributed by atoms with Gasteiger partial charge in [-0.1, -0.05) is 60.7 Å². The number of rotatable bonds is 5. The number of nitrogens with zero attached hydrogens (tertiary/aromatic N) is 1. The van der Waals surface area contributed by atoms with Gasteiger partial charge in [-0.2, -0.15) is 0 Å². The summed E-state index contributed by atoms with van der Waals surface area (Å²) in [6.45, 7) is 2.11. The van der Waals surface area contributed by atoms with Crippen molar-refractivity contribution >= 4 is 45.3 Å². The van der Waals surface area contributed by atoms with Gasteiger partial charge in [-0.15, -0.1) is 0 Å². The summed E-state index contributed by atoms with van der Waals surface area (Å²) in [6.07, 6.45) is 4.67. The maximum absolute atomic E-state index is 13.0. The van der Waals surface area contributed by atoms with Gasteiger partial charge in [-0.25, -0.2) is 0 Å². The van der Waals surface area contributed by atoms with E-state index >= 15 is 0 Å². The van der Waals surface area contributed by atoms with Gasteiger partial charge in [0.2, 0.25) is 11.8 Å². The van der Waals surface area contributed by atoms with Gasteiger partial charge in [-0.05, 0) is 66.4 Å². The first kappa shape index (κ1) is 21.5. The molecule has 0 aliphatic carbocycles. The van der Waals surface area contributed by atoms with E-state index in [9.17, 15) is 9.59 Å². The topological polar surface area (TPSA) is 61.4 Å². The fourth-order valence-corrected chi connectivity index (χ4v) is 4.28. The van der Waals surface area contributed by atoms with Crippen LogP contribution in [0.3, 0.4) is 0 Å². The number of hydrogen-bond acceptors (Lipinski definition) is 3. The second kappa shape index (κ2) is 9.24. The first-order chi connectivity index (χ1) is 16.6. The number of fused-ring (bicyclic) bond motifs is 3. The van der Waals surface area contributed by atoms with Gasteiger partial charge in [0, 0.05) is 16.8 Å². The van der Waals surface area contributed by atoms with E-state index in [0.29, 0.717) is 17.1 Å². The Balaban J connectivity index is 1.39. The molecule has 0 saturated heterocycles. The van der Waals surface area contributed by atoms with E-state index in [1.54, 1.807) is 4.90 Å². The summed E-state index contributed by atoms with van der Waals surface area (Å²) in [5, 5.41) is 8.14. The molecule has 0 aromatic heterocycles. The summed E-state index contributed by atoms with van der Waals surface area (Å²) in [6, 6.07) is 27.7. The van der Waals surface area contributed by atoms with E-state index in [0.717, 1.165) is 22.9 Å². The molecule has 0 atom stereocenters. The highest BCUT2D eigenvalue weighted by atomic mass is 16.2. The zero-order valence-corrected chi connectivity index (χ0v) is 18.9. The Hall–Kier alpha value is -4.38. The second-order valence-electron chi connectivity index (χ2n) is 8.36. The lowest BCUT2D eigenvalue weighted by Gasteiger charge is -2.23. The monoisotopic (exact) mass is 447 g/mol. The van der Waals surface area contributed by atoms with E-state index in [4.69, 9.17) is 0 Å². The highest BCUT2D eigenvalue weighted by Crippen LogP contribution is 2.40. The Bertz CT molecular complexity index is 1410. The van der Waals surface area contributed by atoms with Gasteiger partial charge in [0.05, 0.1) is 11.4 Å². The Morgan fingerprint density at radius 3 is 2.50 bits per heavy atom. The first-order valence-electron chi connectivity index (χ1n) is 11.3. The van der Waals surface area contributed by atoms with Crippen LogP contribution >= 0.6 is 0 Å². The van der Waals surface area contributed by atoms with E-state index in [-0.39, 0.29) is 18.2 Å². The van der Waals surface area contributed by atoms with Crippen LogP contribution in [0.5, 0.6) is 0 Å². The smallest absolute Gasteiger partial charge is 0.241 e. The van der Waals surface area contributed by atoms with Crippen molar-refractivity contribution in [2.45, 2.75) is 19.8 Å². The SMILES string of the molecule is Cc1ccccc1CC=CNc1ccc(N2C(=O)CC(=O)Nc3c2ccc2ccccc32)cc1. The van der Waals surface area contributed by atoms with E-state index < -0.39 is 0 Å². The molecular weight excluding hydrogens is 422 g/mol. The van der Waals surface area contributed by atoms with Crippen LogP contribution in [0.2, 0.25) is 0 Å². The number of carbonyl (C=O) groups is 2. The summed E-state index contributed by atoms with van der Waals surface area (Å²) < 4.78 is 0. The maximum Gasteiger partial charge on any atom is 0.241 e. The molecule has 5 rings (SSSR count). The molecule has 0 saturated carbocycles. The maximum atomic E-state index is 13.0. The summed E-state index contributed by atoms with van der Waals surface area (Å²) in [5.41, 5.74) is 5.54. The average molecular weight is 448 g/mol. The van der Waals surface area contributed by atoms with Crippen molar-refractivity contribution in [1.82, 2.24) is 0 Å². The summed E-state index contributed by atoms with van der Waals surface area (Å²) in [5.74, 6) is -0.562. The third-order valence-corrected chi connectivity index (χ3v) is 6.07. The lowest BCUT2D eigenvalue weighted by atomic mass is 10.1. The minimum Gasteiger partial charge on any atom is -0.362 e. The molecule has 34 heavy (non-hydrogen) atoms. The number of nitrogens with one attached hydrogen (secondary N) is 2. The molecule has 4 aromatic carbocycles. The molecule has 0 bridgehead atoms. The molecule has 168 valence electrons. The van der Waals surface area contributed by atoms with Crippen LogP contribution in [0.4, 0.5) is 22.7 Å². The zero-order chi connectivity index (χ0) is 23.5. The normalized spacial score (nSPS) is 13.6. The molecule has 4 aromatic rings. The predicted octanol–water partition coefficient (Wildman–Crippen LogP) is 6.32. The molecule has 0 unspecified atom stereocenters. The Kier molecular flexibility index (Phi) is 5.83. The van der Waals surface area contributed by atoms with Crippen LogP contribution in [-0.4, -0.2) is 11.8 Å². The number of hydrogen-bond donors (Lipinski definition) is 2. The van der Waals surface area contributed by atoms with Crippen molar-refractivity contribution in [1.29, 1.82) is 0 Å². The third-order valence-electron chi connectivity index (χ3n) is 6.07. The van der Waals surface area contributed by atoms with Crippen LogP contribution < -0.4 is 15.5 Å². The molecule has 1 aliphatic heterocycles. The molecule has 1 aliphatic rings. The third kappa shape index (κ3) is 4.28. The number of allylic oxidation sites excluding steroid dienone is 1. The van der Waals surface area contributed by atoms with Crippen LogP contribution in [0.15, 0.2) is 97.2 Å². The van der Waals surface area contributed by atoms with Crippen LogP contribution in [0.25, 0.3) is 10.8 Å². The molecule has 0 radical (unpaired) electrons. The van der Waals surface area contributed by atoms with E-state index in [1.807, 2.05) is 72.9 Å². The largest absolute Gasteiger partial charge is 0.362 e. The quantitative estimate of drug-likeness (QED) is 0.352. The van der Waals surface area contributed by atoms with E-state index in [2.05, 4.69) is 41.8 Å². The number of amides is 2. The Morgan fingerprint density at radius 2 is 1.68 bits per heavy atom. The van der Waals surface area contributed by atoms with Gasteiger partial charge in [-0.3, -0.25) is 14.5 Å². The average Bonchev–Trinajstić information content (AvgIpc) is 2.98. The summed E-state index contributed by atoms with van der Waals surface area (Å²) >= 11 is 0. The van der Waals surface area contributed by atoms with Crippen LogP contribution in [0, 0.1) is 6.92 Å². The van der Waals surface area contributed by atoms with Crippen LogP contribution in [-0.2, 0) is 16.0 Å². The molecule has 2 N–H and O–H groups in total. The molecular formula is C29H25N3O2. The lowest BCUT2D eigenvalue weighted by Crippen LogP contribution is -2.26. The molecule has 5 nitrogen and oxygen atoms in total. The molecule has 0 fully saturated rings. The van der Waals surface area contributed by atoms with Crippen molar-refractivity contribution in [3.05, 3.63) is 108 Å². The number of aryl methyl sites for hydroxylation is 1. The van der Waals surface area contributed by atoms with Crippen molar-refractivity contribution in [2.75, 3.05) is 15.5 Å². The summed E-state index contributed by atoms with van der Waals surface area (Å²) in [7, 11) is 0. The zero-order valence-electron chi connectivity index (χ0n) is 18.9. The fraction of sp³-hybridized carbons (Fsp3) is 0.103. The minimum absolute atomic E-state index is 0.204. The van der Waals surface area contributed by atoms with Gasteiger partial charge < -0.3 is 10.6 Å². The standard InChI is InChI=1S/C29H25N3O2/c1-20-7-2-3-8-21(20)10-6-18-30-23-13-15-24(16-14-23)32-26-17-12-22-9-4-5-11-25(22)29(26)31-27(33)19-28(32)34/h2-9,11-18,30H,10,19H2,1H3,(H,31,33). The van der Waals surface area contributed by atoms with Gasteiger partial charge in [0.15, 0.2) is 0 Å². The number of benzene rings is 4. The van der Waals surface area contributed by atoms with Crippen molar-refractivity contribution in [3.8, 4) is 0 Å². The molecule has 5 heteroatoms. The van der Waals surface area contributed by atoms with E-state index in [1.165, 1.54) is 11.1 Å². The summed E-state index contributed by atoms with van der Waals surface area (Å²) in [4.78, 5) is 27.1. The Labute approximate surface area is 198 Å². The predicted molar refractivity (Wildman–Crippen MR) is 138 cm³/mol. The lowest BCUT2D eigenvalue weighted by molar-refractivity contribution is -0.124. The second-order valence-corrected chi connectivity index (χ2v) is 8.36. The van der Waals surface area contributed by atoms with Gasteiger partial charge in [0.25, 0.3) is 0 Å². The van der Waals surface area contributed by atoms with Gasteiger partial charge in [0.1, 0.15) is 6.42 Å². The van der Waals surface area contributed by atoms with Crippen LogP contribution in [0.1, 0.15) is 17.5 Å². The highest BCUT2D eigenvalue weighted by molar-refractivity contribution is 6.21. The first-order valence-corrected chi connectivity index (χ1v) is 11.3. The Morgan fingerprint density at radius 1 is 0.912 bits per heavy atom. The fourth-order valence-electron chi connectivity index (χ4n) is 4.28. The molecule has 2 amide bonds.